The van der Waals surface area contributed by atoms with Crippen molar-refractivity contribution in [1.82, 2.24) is 0 Å². The van der Waals surface area contributed by atoms with Crippen LogP contribution in [-0.2, 0) is 0 Å². The molecular formula is C11H16S. The first-order chi connectivity index (χ1) is 5.66. The normalized spacial score (nSPS) is 11.2. The van der Waals surface area contributed by atoms with E-state index in [1.165, 1.54) is 0 Å². The molecule has 0 rings (SSSR count). The number of hydrogen-bond acceptors (Lipinski definition) is 1. The van der Waals surface area contributed by atoms with E-state index < -0.39 is 0 Å². The second-order valence-electron chi connectivity index (χ2n) is 2.53. The van der Waals surface area contributed by atoms with Crippen molar-refractivity contribution in [3.8, 4) is 0 Å². The van der Waals surface area contributed by atoms with E-state index in [0.29, 0.717) is 0 Å². The summed E-state index contributed by atoms with van der Waals surface area (Å²) in [6.07, 6.45) is 8.13. The average Bonchev–Trinajstić information content (AvgIpc) is 1.98. The molecule has 0 fully saturated rings. The molecule has 0 N–H and O–H groups in total. The topological polar surface area (TPSA) is 0 Å². The van der Waals surface area contributed by atoms with Gasteiger partial charge in [0.25, 0.3) is 0 Å². The van der Waals surface area contributed by atoms with Crippen molar-refractivity contribution in [3.63, 3.8) is 0 Å². The Balaban J connectivity index is 3.56. The third-order valence-electron chi connectivity index (χ3n) is 1.12. The van der Waals surface area contributed by atoms with Crippen LogP contribution in [0.1, 0.15) is 13.8 Å². The Morgan fingerprint density at radius 3 is 2.50 bits per heavy atom. The minimum absolute atomic E-state index is 0.968. The summed E-state index contributed by atoms with van der Waals surface area (Å²) in [4.78, 5) is 1.10. The van der Waals surface area contributed by atoms with Crippen molar-refractivity contribution < 1.29 is 0 Å². The fraction of sp³-hybridized carbons (Fsp3) is 0.273. The minimum Gasteiger partial charge on any atom is -0.123 e. The van der Waals surface area contributed by atoms with Gasteiger partial charge in [-0.15, -0.1) is 11.8 Å². The molecule has 0 spiro atoms. The molecule has 66 valence electrons. The van der Waals surface area contributed by atoms with E-state index in [4.69, 9.17) is 0 Å². The van der Waals surface area contributed by atoms with Gasteiger partial charge in [0, 0.05) is 5.75 Å². The van der Waals surface area contributed by atoms with Gasteiger partial charge in [0.05, 0.1) is 0 Å². The highest BCUT2D eigenvalue weighted by atomic mass is 32.2. The summed E-state index contributed by atoms with van der Waals surface area (Å²) in [5, 5.41) is 0. The van der Waals surface area contributed by atoms with E-state index in [-0.39, 0.29) is 0 Å². The van der Waals surface area contributed by atoms with Crippen LogP contribution in [0.15, 0.2) is 47.9 Å². The average molecular weight is 180 g/mol. The summed E-state index contributed by atoms with van der Waals surface area (Å²) in [5.41, 5.74) is 1.09. The van der Waals surface area contributed by atoms with Crippen LogP contribution >= 0.6 is 11.8 Å². The minimum atomic E-state index is 0.968. The van der Waals surface area contributed by atoms with E-state index in [2.05, 4.69) is 19.2 Å². The van der Waals surface area contributed by atoms with Crippen LogP contribution in [0.2, 0.25) is 0 Å². The quantitative estimate of drug-likeness (QED) is 0.577. The van der Waals surface area contributed by atoms with Gasteiger partial charge in [-0.2, -0.15) is 0 Å². The van der Waals surface area contributed by atoms with Crippen LogP contribution in [-0.4, -0.2) is 5.75 Å². The van der Waals surface area contributed by atoms with Gasteiger partial charge in [-0.3, -0.25) is 0 Å². The lowest BCUT2D eigenvalue weighted by molar-refractivity contribution is 1.54. The lowest BCUT2D eigenvalue weighted by Gasteiger charge is -1.94. The fourth-order valence-electron chi connectivity index (χ4n) is 0.638. The van der Waals surface area contributed by atoms with Crippen LogP contribution in [0.25, 0.3) is 0 Å². The second kappa shape index (κ2) is 6.99. The smallest absolute Gasteiger partial charge is 0.0163 e. The molecule has 0 saturated carbocycles. The highest BCUT2D eigenvalue weighted by Gasteiger charge is 1.85. The molecule has 1 heteroatoms. The zero-order valence-corrected chi connectivity index (χ0v) is 8.66. The number of allylic oxidation sites excluding steroid dienone is 4. The standard InChI is InChI=1S/C11H16S/c1-5-7-11(4)12-9-6-8-10(2)3/h5-8H,2,4,9H2,1,3H3/b7-5-,8-6-. The Labute approximate surface area is 79.8 Å². The maximum Gasteiger partial charge on any atom is 0.0163 e. The predicted octanol–water partition coefficient (Wildman–Crippen LogP) is 3.94. The van der Waals surface area contributed by atoms with E-state index >= 15 is 0 Å². The van der Waals surface area contributed by atoms with Gasteiger partial charge in [0.1, 0.15) is 0 Å². The molecule has 0 atom stereocenters. The molecule has 0 aromatic rings. The largest absolute Gasteiger partial charge is 0.123 e. The molecule has 0 aromatic carbocycles. The molecule has 0 aliphatic heterocycles. The Hall–Kier alpha value is -0.690. The lowest BCUT2D eigenvalue weighted by atomic mass is 10.3. The van der Waals surface area contributed by atoms with Crippen molar-refractivity contribution in [2.24, 2.45) is 0 Å². The van der Waals surface area contributed by atoms with Gasteiger partial charge >= 0.3 is 0 Å². The highest BCUT2D eigenvalue weighted by Crippen LogP contribution is 2.14. The zero-order chi connectivity index (χ0) is 9.40. The zero-order valence-electron chi connectivity index (χ0n) is 7.84. The van der Waals surface area contributed by atoms with Crippen molar-refractivity contribution in [3.05, 3.63) is 47.9 Å². The van der Waals surface area contributed by atoms with Crippen molar-refractivity contribution in [2.75, 3.05) is 5.75 Å². The van der Waals surface area contributed by atoms with Crippen LogP contribution in [0, 0.1) is 0 Å². The van der Waals surface area contributed by atoms with Gasteiger partial charge in [-0.1, -0.05) is 43.0 Å². The molecule has 0 radical (unpaired) electrons. The van der Waals surface area contributed by atoms with Crippen molar-refractivity contribution in [2.45, 2.75) is 13.8 Å². The van der Waals surface area contributed by atoms with E-state index in [9.17, 15) is 0 Å². The third-order valence-corrected chi connectivity index (χ3v) is 1.99. The summed E-state index contributed by atoms with van der Waals surface area (Å²) in [5.74, 6) is 0.968. The summed E-state index contributed by atoms with van der Waals surface area (Å²) >= 11 is 1.73. The van der Waals surface area contributed by atoms with Crippen LogP contribution in [0.3, 0.4) is 0 Å². The molecule has 0 heterocycles. The number of thioether (sulfide) groups is 1. The molecule has 0 bridgehead atoms. The fourth-order valence-corrected chi connectivity index (χ4v) is 1.28. The van der Waals surface area contributed by atoms with E-state index in [0.717, 1.165) is 16.2 Å². The Morgan fingerprint density at radius 1 is 1.33 bits per heavy atom. The second-order valence-corrected chi connectivity index (χ2v) is 3.67. The molecule has 0 nitrogen and oxygen atoms in total. The molecular weight excluding hydrogens is 164 g/mol. The Morgan fingerprint density at radius 2 is 2.00 bits per heavy atom. The van der Waals surface area contributed by atoms with Crippen LogP contribution in [0.5, 0.6) is 0 Å². The maximum absolute atomic E-state index is 3.88. The van der Waals surface area contributed by atoms with Crippen molar-refractivity contribution in [1.29, 1.82) is 0 Å². The van der Waals surface area contributed by atoms with Crippen LogP contribution in [0.4, 0.5) is 0 Å². The molecule has 12 heavy (non-hydrogen) atoms. The summed E-state index contributed by atoms with van der Waals surface area (Å²) < 4.78 is 0. The van der Waals surface area contributed by atoms with Gasteiger partial charge in [-0.05, 0) is 18.8 Å². The van der Waals surface area contributed by atoms with Crippen LogP contribution < -0.4 is 0 Å². The molecule has 0 unspecified atom stereocenters. The van der Waals surface area contributed by atoms with Gasteiger partial charge in [-0.25, -0.2) is 0 Å². The maximum atomic E-state index is 3.88. The summed E-state index contributed by atoms with van der Waals surface area (Å²) in [7, 11) is 0. The number of rotatable bonds is 5. The monoisotopic (exact) mass is 180 g/mol. The summed E-state index contributed by atoms with van der Waals surface area (Å²) in [6.45, 7) is 11.6. The third kappa shape index (κ3) is 7.42. The van der Waals surface area contributed by atoms with E-state index in [1.807, 2.05) is 32.1 Å². The first kappa shape index (κ1) is 11.3. The predicted molar refractivity (Wildman–Crippen MR) is 60.4 cm³/mol. The molecule has 0 saturated heterocycles. The summed E-state index contributed by atoms with van der Waals surface area (Å²) in [6, 6.07) is 0. The van der Waals surface area contributed by atoms with Gasteiger partial charge < -0.3 is 0 Å². The SMILES string of the molecule is C=C(C)/C=C\CSC(=C)/C=C\C. The molecule has 0 aliphatic carbocycles. The lowest BCUT2D eigenvalue weighted by Crippen LogP contribution is -1.72. The first-order valence-corrected chi connectivity index (χ1v) is 4.92. The van der Waals surface area contributed by atoms with Crippen molar-refractivity contribution >= 4 is 11.8 Å². The van der Waals surface area contributed by atoms with Gasteiger partial charge in [0.15, 0.2) is 0 Å². The highest BCUT2D eigenvalue weighted by molar-refractivity contribution is 8.03. The van der Waals surface area contributed by atoms with Gasteiger partial charge in [0.2, 0.25) is 0 Å². The Bertz CT molecular complexity index is 209. The molecule has 0 aromatic heterocycles. The van der Waals surface area contributed by atoms with E-state index in [1.54, 1.807) is 11.8 Å². The molecule has 0 amide bonds. The first-order valence-electron chi connectivity index (χ1n) is 3.93. The molecule has 0 aliphatic rings. The number of hydrogen-bond donors (Lipinski definition) is 0. The Kier molecular flexibility index (Phi) is 6.58.